The van der Waals surface area contributed by atoms with Crippen molar-refractivity contribution in [2.24, 2.45) is 0 Å². The van der Waals surface area contributed by atoms with E-state index in [-0.39, 0.29) is 5.91 Å². The van der Waals surface area contributed by atoms with Gasteiger partial charge in [-0.1, -0.05) is 0 Å². The average molecular weight is 451 g/mol. The molecule has 0 unspecified atom stereocenters. The zero-order valence-electron chi connectivity index (χ0n) is 15.3. The van der Waals surface area contributed by atoms with Crippen molar-refractivity contribution < 1.29 is 4.79 Å². The smallest absolute Gasteiger partial charge is 0.264 e. The maximum atomic E-state index is 12.6. The molecule has 144 valence electrons. The fraction of sp³-hybridized carbons (Fsp3) is 0.500. The van der Waals surface area contributed by atoms with Crippen molar-refractivity contribution in [3.63, 3.8) is 0 Å². The Kier molecular flexibility index (Phi) is 5.60. The fourth-order valence-electron chi connectivity index (χ4n) is 3.41. The molecule has 2 fully saturated rings. The molecular formula is C18H23BrN6OS. The lowest BCUT2D eigenvalue weighted by Gasteiger charge is -2.35. The molecule has 2 aliphatic rings. The van der Waals surface area contributed by atoms with E-state index >= 15 is 0 Å². The number of likely N-dealkylation sites (N-methyl/N-ethyl adjacent to an activating group) is 1. The van der Waals surface area contributed by atoms with Crippen LogP contribution >= 0.6 is 27.3 Å². The number of thiophene rings is 1. The van der Waals surface area contributed by atoms with Crippen molar-refractivity contribution in [2.75, 3.05) is 69.2 Å². The number of aromatic nitrogens is 2. The van der Waals surface area contributed by atoms with Gasteiger partial charge in [-0.2, -0.15) is 0 Å². The maximum absolute atomic E-state index is 12.6. The predicted molar refractivity (Wildman–Crippen MR) is 112 cm³/mol. The third kappa shape index (κ3) is 4.25. The van der Waals surface area contributed by atoms with Gasteiger partial charge in [0.1, 0.15) is 0 Å². The van der Waals surface area contributed by atoms with E-state index in [0.717, 1.165) is 60.3 Å². The second-order valence-electron chi connectivity index (χ2n) is 6.95. The minimum Gasteiger partial charge on any atom is -0.353 e. The Labute approximate surface area is 171 Å². The van der Waals surface area contributed by atoms with Crippen LogP contribution in [-0.4, -0.2) is 85.3 Å². The van der Waals surface area contributed by atoms with Crippen LogP contribution in [0.1, 0.15) is 9.67 Å². The molecule has 0 aliphatic carbocycles. The summed E-state index contributed by atoms with van der Waals surface area (Å²) in [5, 5.41) is 10.8. The number of hydrogen-bond donors (Lipinski definition) is 0. The molecule has 0 atom stereocenters. The van der Waals surface area contributed by atoms with Gasteiger partial charge in [0.05, 0.1) is 4.88 Å². The zero-order valence-corrected chi connectivity index (χ0v) is 17.7. The Morgan fingerprint density at radius 2 is 1.52 bits per heavy atom. The molecule has 0 N–H and O–H groups in total. The molecule has 0 bridgehead atoms. The molecule has 0 saturated carbocycles. The van der Waals surface area contributed by atoms with Crippen molar-refractivity contribution >= 4 is 44.8 Å². The standard InChI is InChI=1S/C18H23BrN6OS/c1-22-4-6-23(7-5-22)16-2-3-17(21-20-16)24-8-10-25(11-9-24)18(26)15-12-14(19)13-27-15/h2-3,12-13H,4-11H2,1H3. The number of carbonyl (C=O) groups is 1. The molecule has 0 radical (unpaired) electrons. The molecule has 2 saturated heterocycles. The van der Waals surface area contributed by atoms with E-state index in [4.69, 9.17) is 0 Å². The summed E-state index contributed by atoms with van der Waals surface area (Å²) in [4.78, 5) is 22.1. The summed E-state index contributed by atoms with van der Waals surface area (Å²) < 4.78 is 0.963. The quantitative estimate of drug-likeness (QED) is 0.712. The van der Waals surface area contributed by atoms with Crippen LogP contribution in [0.3, 0.4) is 0 Å². The van der Waals surface area contributed by atoms with Crippen LogP contribution in [0.25, 0.3) is 0 Å². The SMILES string of the molecule is CN1CCN(c2ccc(N3CCN(C(=O)c4cc(Br)cs4)CC3)nn2)CC1. The molecule has 0 aromatic carbocycles. The summed E-state index contributed by atoms with van der Waals surface area (Å²) in [6.45, 7) is 7.06. The molecule has 2 aromatic heterocycles. The Morgan fingerprint density at radius 3 is 2.00 bits per heavy atom. The third-order valence-corrected chi connectivity index (χ3v) is 6.81. The van der Waals surface area contributed by atoms with Gasteiger partial charge in [-0.15, -0.1) is 21.5 Å². The summed E-state index contributed by atoms with van der Waals surface area (Å²) in [5.41, 5.74) is 0. The van der Waals surface area contributed by atoms with Crippen LogP contribution in [0, 0.1) is 0 Å². The van der Waals surface area contributed by atoms with E-state index in [1.165, 1.54) is 11.3 Å². The molecule has 2 aliphatic heterocycles. The van der Waals surface area contributed by atoms with Gasteiger partial charge >= 0.3 is 0 Å². The van der Waals surface area contributed by atoms with Gasteiger partial charge in [-0.3, -0.25) is 4.79 Å². The van der Waals surface area contributed by atoms with Crippen LogP contribution < -0.4 is 9.80 Å². The molecule has 4 heterocycles. The highest BCUT2D eigenvalue weighted by molar-refractivity contribution is 9.10. The Bertz CT molecular complexity index is 781. The summed E-state index contributed by atoms with van der Waals surface area (Å²) in [7, 11) is 2.15. The summed E-state index contributed by atoms with van der Waals surface area (Å²) in [6.07, 6.45) is 0. The first kappa shape index (κ1) is 18.6. The number of halogens is 1. The van der Waals surface area contributed by atoms with Gasteiger partial charge in [-0.25, -0.2) is 0 Å². The third-order valence-electron chi connectivity index (χ3n) is 5.13. The van der Waals surface area contributed by atoms with E-state index in [9.17, 15) is 4.79 Å². The molecule has 2 aromatic rings. The van der Waals surface area contributed by atoms with Gasteiger partial charge in [0.25, 0.3) is 5.91 Å². The largest absolute Gasteiger partial charge is 0.353 e. The highest BCUT2D eigenvalue weighted by Crippen LogP contribution is 2.23. The minimum absolute atomic E-state index is 0.113. The van der Waals surface area contributed by atoms with Crippen LogP contribution in [-0.2, 0) is 0 Å². The minimum atomic E-state index is 0.113. The second kappa shape index (κ2) is 8.12. The monoisotopic (exact) mass is 450 g/mol. The van der Waals surface area contributed by atoms with Crippen molar-refractivity contribution in [3.05, 3.63) is 32.9 Å². The van der Waals surface area contributed by atoms with Crippen LogP contribution in [0.2, 0.25) is 0 Å². The van der Waals surface area contributed by atoms with E-state index in [0.29, 0.717) is 13.1 Å². The number of anilines is 2. The lowest BCUT2D eigenvalue weighted by molar-refractivity contribution is 0.0751. The van der Waals surface area contributed by atoms with Crippen LogP contribution in [0.5, 0.6) is 0 Å². The Balaban J connectivity index is 1.33. The molecule has 0 spiro atoms. The highest BCUT2D eigenvalue weighted by atomic mass is 79.9. The van der Waals surface area contributed by atoms with Crippen molar-refractivity contribution in [2.45, 2.75) is 0 Å². The summed E-state index contributed by atoms with van der Waals surface area (Å²) in [6, 6.07) is 6.00. The normalized spacial score (nSPS) is 18.8. The van der Waals surface area contributed by atoms with Gasteiger partial charge < -0.3 is 19.6 Å². The van der Waals surface area contributed by atoms with E-state index < -0.39 is 0 Å². The molecular weight excluding hydrogens is 428 g/mol. The lowest BCUT2D eigenvalue weighted by atomic mass is 10.3. The predicted octanol–water partition coefficient (Wildman–Crippen LogP) is 2.01. The second-order valence-corrected chi connectivity index (χ2v) is 8.78. The molecule has 1 amide bonds. The first-order chi connectivity index (χ1) is 13.1. The Hall–Kier alpha value is -1.71. The van der Waals surface area contributed by atoms with Crippen LogP contribution in [0.4, 0.5) is 11.6 Å². The Morgan fingerprint density at radius 1 is 0.963 bits per heavy atom. The number of amides is 1. The van der Waals surface area contributed by atoms with Crippen LogP contribution in [0.15, 0.2) is 28.1 Å². The molecule has 4 rings (SSSR count). The molecule has 7 nitrogen and oxygen atoms in total. The number of piperazine rings is 2. The molecule has 9 heteroatoms. The zero-order chi connectivity index (χ0) is 18.8. The average Bonchev–Trinajstić information content (AvgIpc) is 3.15. The van der Waals surface area contributed by atoms with Crippen molar-refractivity contribution in [3.8, 4) is 0 Å². The lowest BCUT2D eigenvalue weighted by Crippen LogP contribution is -2.49. The van der Waals surface area contributed by atoms with E-state index in [1.807, 2.05) is 16.3 Å². The highest BCUT2D eigenvalue weighted by Gasteiger charge is 2.24. The molecule has 27 heavy (non-hydrogen) atoms. The summed E-state index contributed by atoms with van der Waals surface area (Å²) in [5.74, 6) is 1.95. The fourth-order valence-corrected chi connectivity index (χ4v) is 4.80. The number of hydrogen-bond acceptors (Lipinski definition) is 7. The first-order valence-corrected chi connectivity index (χ1v) is 10.8. The van der Waals surface area contributed by atoms with Gasteiger partial charge in [-0.05, 0) is 41.2 Å². The summed E-state index contributed by atoms with van der Waals surface area (Å²) >= 11 is 4.89. The van der Waals surface area contributed by atoms with E-state index in [2.05, 4.69) is 60.0 Å². The van der Waals surface area contributed by atoms with Gasteiger partial charge in [0.15, 0.2) is 11.6 Å². The van der Waals surface area contributed by atoms with Gasteiger partial charge in [0, 0.05) is 62.2 Å². The maximum Gasteiger partial charge on any atom is 0.264 e. The van der Waals surface area contributed by atoms with Crippen molar-refractivity contribution in [1.82, 2.24) is 20.0 Å². The van der Waals surface area contributed by atoms with E-state index in [1.54, 1.807) is 0 Å². The number of nitrogens with zero attached hydrogens (tertiary/aromatic N) is 6. The number of rotatable bonds is 3. The van der Waals surface area contributed by atoms with Crippen molar-refractivity contribution in [1.29, 1.82) is 0 Å². The topological polar surface area (TPSA) is 55.8 Å². The number of carbonyl (C=O) groups excluding carboxylic acids is 1. The first-order valence-electron chi connectivity index (χ1n) is 9.15. The van der Waals surface area contributed by atoms with Gasteiger partial charge in [0.2, 0.25) is 0 Å².